The quantitative estimate of drug-likeness (QED) is 0.568. The van der Waals surface area contributed by atoms with Crippen LogP contribution in [0.25, 0.3) is 11.1 Å². The molecule has 0 unspecified atom stereocenters. The molecule has 0 bridgehead atoms. The number of hydrogen-bond acceptors (Lipinski definition) is 3. The molecule has 3 aromatic carbocycles. The molecule has 3 aromatic rings. The Bertz CT molecular complexity index is 839. The third-order valence-corrected chi connectivity index (χ3v) is 3.53. The number of amides is 1. The maximum absolute atomic E-state index is 12.1. The van der Waals surface area contributed by atoms with Crippen LogP contribution >= 0.6 is 0 Å². The van der Waals surface area contributed by atoms with Gasteiger partial charge in [-0.25, -0.2) is 5.43 Å². The zero-order valence-corrected chi connectivity index (χ0v) is 12.9. The number of rotatable bonds is 4. The Morgan fingerprint density at radius 3 is 2.12 bits per heavy atom. The lowest BCUT2D eigenvalue weighted by molar-refractivity contribution is 0.0955. The van der Waals surface area contributed by atoms with Gasteiger partial charge in [-0.15, -0.1) is 0 Å². The minimum absolute atomic E-state index is 0.190. The number of nitrogens with zero attached hydrogens (tertiary/aromatic N) is 1. The summed E-state index contributed by atoms with van der Waals surface area (Å²) in [6.07, 6.45) is 1.52. The van der Waals surface area contributed by atoms with Crippen molar-refractivity contribution in [3.05, 3.63) is 90.0 Å². The predicted molar refractivity (Wildman–Crippen MR) is 95.0 cm³/mol. The van der Waals surface area contributed by atoms with Crippen LogP contribution in [-0.4, -0.2) is 17.2 Å². The van der Waals surface area contributed by atoms with Crippen LogP contribution in [-0.2, 0) is 0 Å². The van der Waals surface area contributed by atoms with Crippen LogP contribution in [0.1, 0.15) is 15.9 Å². The second kappa shape index (κ2) is 7.24. The van der Waals surface area contributed by atoms with Gasteiger partial charge in [0.2, 0.25) is 0 Å². The molecule has 0 aromatic heterocycles. The molecule has 1 amide bonds. The van der Waals surface area contributed by atoms with Crippen molar-refractivity contribution in [1.82, 2.24) is 5.43 Å². The van der Waals surface area contributed by atoms with Gasteiger partial charge in [0.1, 0.15) is 5.75 Å². The van der Waals surface area contributed by atoms with E-state index in [2.05, 4.69) is 10.5 Å². The van der Waals surface area contributed by atoms with E-state index in [9.17, 15) is 9.90 Å². The van der Waals surface area contributed by atoms with Gasteiger partial charge in [-0.1, -0.05) is 42.5 Å². The molecule has 0 atom stereocenters. The van der Waals surface area contributed by atoms with Gasteiger partial charge in [0.05, 0.1) is 6.21 Å². The van der Waals surface area contributed by atoms with E-state index in [0.717, 1.165) is 16.7 Å². The second-order valence-corrected chi connectivity index (χ2v) is 5.23. The number of carbonyl (C=O) groups excluding carboxylic acids is 1. The lowest BCUT2D eigenvalue weighted by Crippen LogP contribution is -2.17. The second-order valence-electron chi connectivity index (χ2n) is 5.23. The van der Waals surface area contributed by atoms with Gasteiger partial charge in [0.15, 0.2) is 0 Å². The highest BCUT2D eigenvalue weighted by Gasteiger charge is 2.04. The minimum atomic E-state index is -0.273. The van der Waals surface area contributed by atoms with Crippen molar-refractivity contribution >= 4 is 12.1 Å². The van der Waals surface area contributed by atoms with Gasteiger partial charge in [-0.3, -0.25) is 4.79 Å². The van der Waals surface area contributed by atoms with Crippen LogP contribution in [0.5, 0.6) is 5.75 Å². The van der Waals surface area contributed by atoms with Crippen LogP contribution in [0.4, 0.5) is 0 Å². The number of phenols is 1. The van der Waals surface area contributed by atoms with E-state index < -0.39 is 0 Å². The Labute approximate surface area is 140 Å². The third-order valence-electron chi connectivity index (χ3n) is 3.53. The van der Waals surface area contributed by atoms with Crippen LogP contribution in [0.15, 0.2) is 84.0 Å². The van der Waals surface area contributed by atoms with E-state index in [1.54, 1.807) is 36.4 Å². The van der Waals surface area contributed by atoms with Crippen LogP contribution in [0.3, 0.4) is 0 Å². The van der Waals surface area contributed by atoms with Gasteiger partial charge in [-0.2, -0.15) is 5.10 Å². The summed E-state index contributed by atoms with van der Waals surface area (Å²) in [6, 6.07) is 23.9. The summed E-state index contributed by atoms with van der Waals surface area (Å²) >= 11 is 0. The van der Waals surface area contributed by atoms with Gasteiger partial charge < -0.3 is 5.11 Å². The van der Waals surface area contributed by atoms with Crippen molar-refractivity contribution in [2.45, 2.75) is 0 Å². The lowest BCUT2D eigenvalue weighted by Gasteiger charge is -2.03. The molecule has 4 nitrogen and oxygen atoms in total. The maximum atomic E-state index is 12.1. The van der Waals surface area contributed by atoms with E-state index in [1.165, 1.54) is 6.21 Å². The van der Waals surface area contributed by atoms with Crippen molar-refractivity contribution in [3.8, 4) is 16.9 Å². The molecule has 2 N–H and O–H groups in total. The van der Waals surface area contributed by atoms with Crippen LogP contribution < -0.4 is 5.43 Å². The number of aromatic hydroxyl groups is 1. The Kier molecular flexibility index (Phi) is 4.68. The average molecular weight is 316 g/mol. The van der Waals surface area contributed by atoms with Crippen LogP contribution in [0, 0.1) is 0 Å². The number of phenolic OH excluding ortho intramolecular Hbond substituents is 1. The summed E-state index contributed by atoms with van der Waals surface area (Å²) in [5.41, 5.74) is 5.98. The number of benzene rings is 3. The van der Waals surface area contributed by atoms with Crippen molar-refractivity contribution in [2.24, 2.45) is 5.10 Å². The Hall–Kier alpha value is -3.40. The van der Waals surface area contributed by atoms with Crippen molar-refractivity contribution in [2.75, 3.05) is 0 Å². The van der Waals surface area contributed by atoms with Crippen molar-refractivity contribution in [1.29, 1.82) is 0 Å². The molecule has 0 saturated heterocycles. The zero-order valence-electron chi connectivity index (χ0n) is 12.9. The predicted octanol–water partition coefficient (Wildman–Crippen LogP) is 3.82. The van der Waals surface area contributed by atoms with E-state index in [-0.39, 0.29) is 11.7 Å². The molecule has 0 saturated carbocycles. The summed E-state index contributed by atoms with van der Waals surface area (Å²) in [6.45, 7) is 0. The zero-order chi connectivity index (χ0) is 16.8. The van der Waals surface area contributed by atoms with Crippen molar-refractivity contribution in [3.63, 3.8) is 0 Å². The Morgan fingerprint density at radius 2 is 1.46 bits per heavy atom. The van der Waals surface area contributed by atoms with Crippen LogP contribution in [0.2, 0.25) is 0 Å². The SMILES string of the molecule is O=C(N/N=C/c1ccc(O)cc1)c1ccc(-c2ccccc2)cc1. The first kappa shape index (κ1) is 15.5. The Morgan fingerprint density at radius 1 is 0.833 bits per heavy atom. The van der Waals surface area contributed by atoms with Gasteiger partial charge in [0, 0.05) is 5.56 Å². The summed E-state index contributed by atoms with van der Waals surface area (Å²) in [7, 11) is 0. The van der Waals surface area contributed by atoms with E-state index in [0.29, 0.717) is 5.56 Å². The molecule has 0 spiro atoms. The van der Waals surface area contributed by atoms with E-state index in [4.69, 9.17) is 0 Å². The maximum Gasteiger partial charge on any atom is 0.271 e. The topological polar surface area (TPSA) is 61.7 Å². The fourth-order valence-electron chi connectivity index (χ4n) is 2.24. The Balaban J connectivity index is 1.64. The average Bonchev–Trinajstić information content (AvgIpc) is 2.64. The highest BCUT2D eigenvalue weighted by molar-refractivity contribution is 5.95. The molecule has 0 aliphatic rings. The summed E-state index contributed by atoms with van der Waals surface area (Å²) < 4.78 is 0. The van der Waals surface area contributed by atoms with E-state index >= 15 is 0 Å². The first-order chi connectivity index (χ1) is 11.7. The third kappa shape index (κ3) is 3.87. The number of carbonyl (C=O) groups is 1. The lowest BCUT2D eigenvalue weighted by atomic mass is 10.0. The van der Waals surface area contributed by atoms with Gasteiger partial charge in [-0.05, 0) is 53.1 Å². The molecule has 4 heteroatoms. The summed E-state index contributed by atoms with van der Waals surface area (Å²) in [5, 5.41) is 13.1. The van der Waals surface area contributed by atoms with Gasteiger partial charge in [0.25, 0.3) is 5.91 Å². The highest BCUT2D eigenvalue weighted by Crippen LogP contribution is 2.19. The number of nitrogens with one attached hydrogen (secondary N) is 1. The number of hydrogen-bond donors (Lipinski definition) is 2. The molecule has 0 aliphatic carbocycles. The van der Waals surface area contributed by atoms with Crippen molar-refractivity contribution < 1.29 is 9.90 Å². The largest absolute Gasteiger partial charge is 0.508 e. The molecule has 118 valence electrons. The molecular weight excluding hydrogens is 300 g/mol. The molecule has 3 rings (SSSR count). The monoisotopic (exact) mass is 316 g/mol. The molecule has 0 aliphatic heterocycles. The molecular formula is C20H16N2O2. The standard InChI is InChI=1S/C20H16N2O2/c23-19-12-6-15(7-13-19)14-21-22-20(24)18-10-8-17(9-11-18)16-4-2-1-3-5-16/h1-14,23H,(H,22,24)/b21-14+. The smallest absolute Gasteiger partial charge is 0.271 e. The molecule has 0 fully saturated rings. The minimum Gasteiger partial charge on any atom is -0.508 e. The first-order valence-corrected chi connectivity index (χ1v) is 7.50. The molecule has 24 heavy (non-hydrogen) atoms. The normalized spacial score (nSPS) is 10.7. The summed E-state index contributed by atoms with van der Waals surface area (Å²) in [4.78, 5) is 12.1. The van der Waals surface area contributed by atoms with E-state index in [1.807, 2.05) is 42.5 Å². The first-order valence-electron chi connectivity index (χ1n) is 7.50. The fraction of sp³-hybridized carbons (Fsp3) is 0. The molecule has 0 radical (unpaired) electrons. The fourth-order valence-corrected chi connectivity index (χ4v) is 2.24. The highest BCUT2D eigenvalue weighted by atomic mass is 16.3. The van der Waals surface area contributed by atoms with Gasteiger partial charge >= 0.3 is 0 Å². The summed E-state index contributed by atoms with van der Waals surface area (Å²) in [5.74, 6) is -0.0840. The molecule has 0 heterocycles. The number of hydrazone groups is 1.